The first-order chi connectivity index (χ1) is 9.65. The molecule has 0 bridgehead atoms. The van der Waals surface area contributed by atoms with Gasteiger partial charge in [-0.15, -0.1) is 0 Å². The van der Waals surface area contributed by atoms with Gasteiger partial charge >= 0.3 is 0 Å². The summed E-state index contributed by atoms with van der Waals surface area (Å²) in [4.78, 5) is 22.0. The number of non-ortho nitro benzene ring substituents is 1. The Kier molecular flexibility index (Phi) is 3.06. The number of benzene rings is 1. The lowest BCUT2D eigenvalue weighted by Gasteiger charge is -2.31. The molecule has 2 atom stereocenters. The minimum Gasteiger partial charge on any atom is -0.267 e. The lowest BCUT2D eigenvalue weighted by molar-refractivity contribution is -0.384. The van der Waals surface area contributed by atoms with Crippen molar-refractivity contribution in [3.8, 4) is 0 Å². The van der Waals surface area contributed by atoms with E-state index in [9.17, 15) is 14.9 Å². The molecule has 20 heavy (non-hydrogen) atoms. The van der Waals surface area contributed by atoms with Gasteiger partial charge in [-0.05, 0) is 24.8 Å². The van der Waals surface area contributed by atoms with Crippen molar-refractivity contribution in [2.75, 3.05) is 0 Å². The first-order valence-electron chi connectivity index (χ1n) is 6.43. The molecular formula is C14H13N3O3. The molecule has 1 saturated carbocycles. The van der Waals surface area contributed by atoms with Crippen LogP contribution in [0.25, 0.3) is 0 Å². The number of carbonyl (C=O) groups is 1. The zero-order chi connectivity index (χ0) is 14.1. The maximum Gasteiger partial charge on any atom is 0.271 e. The van der Waals surface area contributed by atoms with Crippen LogP contribution >= 0.6 is 0 Å². The highest BCUT2D eigenvalue weighted by atomic mass is 16.6. The number of nitrogens with zero attached hydrogens (tertiary/aromatic N) is 2. The van der Waals surface area contributed by atoms with Crippen molar-refractivity contribution in [3.05, 3.63) is 52.1 Å². The van der Waals surface area contributed by atoms with E-state index in [1.807, 2.05) is 0 Å². The summed E-state index contributed by atoms with van der Waals surface area (Å²) < 4.78 is 0. The fraction of sp³-hybridized carbons (Fsp3) is 0.286. The fourth-order valence-corrected chi connectivity index (χ4v) is 2.61. The molecule has 1 aromatic rings. The molecule has 0 radical (unpaired) electrons. The van der Waals surface area contributed by atoms with Crippen LogP contribution in [0.3, 0.4) is 0 Å². The fourth-order valence-electron chi connectivity index (χ4n) is 2.61. The Morgan fingerprint density at radius 1 is 1.45 bits per heavy atom. The lowest BCUT2D eigenvalue weighted by Crippen LogP contribution is -2.35. The molecule has 1 fully saturated rings. The summed E-state index contributed by atoms with van der Waals surface area (Å²) in [6.07, 6.45) is 6.19. The summed E-state index contributed by atoms with van der Waals surface area (Å²) in [7, 11) is 0. The first kappa shape index (κ1) is 12.5. The second-order valence-corrected chi connectivity index (χ2v) is 4.99. The van der Waals surface area contributed by atoms with Crippen LogP contribution in [0.1, 0.15) is 23.2 Å². The third-order valence-electron chi connectivity index (χ3n) is 3.78. The van der Waals surface area contributed by atoms with E-state index in [-0.39, 0.29) is 11.3 Å². The molecule has 0 aromatic heterocycles. The van der Waals surface area contributed by atoms with Crippen LogP contribution in [0, 0.1) is 22.0 Å². The second-order valence-electron chi connectivity index (χ2n) is 4.99. The smallest absolute Gasteiger partial charge is 0.267 e. The molecule has 0 saturated heterocycles. The zero-order valence-corrected chi connectivity index (χ0v) is 10.7. The molecule has 1 aromatic carbocycles. The van der Waals surface area contributed by atoms with Gasteiger partial charge in [0, 0.05) is 29.3 Å². The highest BCUT2D eigenvalue weighted by molar-refractivity contribution is 5.98. The van der Waals surface area contributed by atoms with Gasteiger partial charge in [0.2, 0.25) is 0 Å². The molecule has 1 amide bonds. The van der Waals surface area contributed by atoms with Gasteiger partial charge in [-0.1, -0.05) is 18.2 Å². The maximum atomic E-state index is 11.9. The standard InChI is InChI=1S/C14H13N3O3/c18-14(10-4-1-5-11(7-10)17(19)20)16-15-13-8-9-3-2-6-12(9)13/h1-5,7,9,12H,6,8H2,(H,16,18)/b15-13-. The molecule has 6 heteroatoms. The molecule has 0 spiro atoms. The van der Waals surface area contributed by atoms with Gasteiger partial charge in [-0.3, -0.25) is 14.9 Å². The van der Waals surface area contributed by atoms with Crippen LogP contribution in [-0.2, 0) is 0 Å². The van der Waals surface area contributed by atoms with E-state index < -0.39 is 10.8 Å². The Morgan fingerprint density at radius 3 is 3.05 bits per heavy atom. The quantitative estimate of drug-likeness (QED) is 0.520. The summed E-state index contributed by atoms with van der Waals surface area (Å²) in [5, 5.41) is 14.8. The van der Waals surface area contributed by atoms with Crippen molar-refractivity contribution in [2.24, 2.45) is 16.9 Å². The van der Waals surface area contributed by atoms with Crippen LogP contribution in [0.15, 0.2) is 41.5 Å². The van der Waals surface area contributed by atoms with Crippen molar-refractivity contribution >= 4 is 17.3 Å². The number of nitro benzene ring substituents is 1. The minimum atomic E-state index is -0.524. The van der Waals surface area contributed by atoms with Gasteiger partial charge in [0.25, 0.3) is 11.6 Å². The first-order valence-corrected chi connectivity index (χ1v) is 6.43. The number of nitro groups is 1. The molecule has 0 aliphatic heterocycles. The second kappa shape index (κ2) is 4.88. The SMILES string of the molecule is O=C(N/N=C1/CC2C=CCC12)c1cccc([N+](=O)[O-])c1. The summed E-state index contributed by atoms with van der Waals surface area (Å²) in [6, 6.07) is 5.61. The van der Waals surface area contributed by atoms with Crippen LogP contribution in [-0.4, -0.2) is 16.5 Å². The highest BCUT2D eigenvalue weighted by Crippen LogP contribution is 2.40. The van der Waals surface area contributed by atoms with Gasteiger partial charge in [-0.25, -0.2) is 5.43 Å². The molecule has 3 rings (SSSR count). The van der Waals surface area contributed by atoms with Crippen LogP contribution in [0.2, 0.25) is 0 Å². The van der Waals surface area contributed by atoms with Gasteiger partial charge in [-0.2, -0.15) is 5.10 Å². The number of rotatable bonds is 3. The summed E-state index contributed by atoms with van der Waals surface area (Å²) in [5.74, 6) is 0.583. The summed E-state index contributed by atoms with van der Waals surface area (Å²) in [5.41, 5.74) is 3.61. The van der Waals surface area contributed by atoms with E-state index in [0.717, 1.165) is 18.6 Å². The Morgan fingerprint density at radius 2 is 2.30 bits per heavy atom. The maximum absolute atomic E-state index is 11.9. The van der Waals surface area contributed by atoms with Gasteiger partial charge in [0.1, 0.15) is 0 Å². The van der Waals surface area contributed by atoms with E-state index in [2.05, 4.69) is 22.7 Å². The number of nitrogens with one attached hydrogen (secondary N) is 1. The van der Waals surface area contributed by atoms with Crippen LogP contribution < -0.4 is 5.43 Å². The molecule has 2 unspecified atom stereocenters. The number of allylic oxidation sites excluding steroid dienone is 2. The molecule has 0 heterocycles. The third kappa shape index (κ3) is 2.20. The Labute approximate surface area is 115 Å². The number of amides is 1. The predicted octanol–water partition coefficient (Wildman–Crippen LogP) is 2.28. The summed E-state index contributed by atoms with van der Waals surface area (Å²) >= 11 is 0. The van der Waals surface area contributed by atoms with Crippen LogP contribution in [0.5, 0.6) is 0 Å². The van der Waals surface area contributed by atoms with E-state index in [1.54, 1.807) is 0 Å². The lowest BCUT2D eigenvalue weighted by atomic mass is 9.74. The van der Waals surface area contributed by atoms with Crippen molar-refractivity contribution in [2.45, 2.75) is 12.8 Å². The van der Waals surface area contributed by atoms with Gasteiger partial charge in [0.05, 0.1) is 4.92 Å². The largest absolute Gasteiger partial charge is 0.271 e. The molecule has 102 valence electrons. The summed E-state index contributed by atoms with van der Waals surface area (Å²) in [6.45, 7) is 0. The number of carbonyl (C=O) groups excluding carboxylic acids is 1. The minimum absolute atomic E-state index is 0.103. The van der Waals surface area contributed by atoms with Gasteiger partial charge < -0.3 is 0 Å². The van der Waals surface area contributed by atoms with E-state index in [1.165, 1.54) is 24.3 Å². The monoisotopic (exact) mass is 271 g/mol. The van der Waals surface area contributed by atoms with E-state index in [4.69, 9.17) is 0 Å². The third-order valence-corrected chi connectivity index (χ3v) is 3.78. The topological polar surface area (TPSA) is 84.6 Å². The Hall–Kier alpha value is -2.50. The zero-order valence-electron chi connectivity index (χ0n) is 10.7. The number of fused-ring (bicyclic) bond motifs is 1. The van der Waals surface area contributed by atoms with Crippen LogP contribution in [0.4, 0.5) is 5.69 Å². The van der Waals surface area contributed by atoms with Gasteiger partial charge in [0.15, 0.2) is 0 Å². The number of hydrogen-bond acceptors (Lipinski definition) is 4. The van der Waals surface area contributed by atoms with Crippen molar-refractivity contribution in [1.82, 2.24) is 5.43 Å². The molecule has 2 aliphatic carbocycles. The Balaban J connectivity index is 1.66. The average molecular weight is 271 g/mol. The number of hydrogen-bond donors (Lipinski definition) is 1. The molecular weight excluding hydrogens is 258 g/mol. The highest BCUT2D eigenvalue weighted by Gasteiger charge is 2.38. The molecule has 6 nitrogen and oxygen atoms in total. The van der Waals surface area contributed by atoms with E-state index >= 15 is 0 Å². The van der Waals surface area contributed by atoms with Crippen molar-refractivity contribution < 1.29 is 9.72 Å². The van der Waals surface area contributed by atoms with Crippen molar-refractivity contribution in [3.63, 3.8) is 0 Å². The normalized spacial score (nSPS) is 25.1. The molecule has 1 N–H and O–H groups in total. The predicted molar refractivity (Wildman–Crippen MR) is 73.4 cm³/mol. The van der Waals surface area contributed by atoms with E-state index in [0.29, 0.717) is 11.8 Å². The number of hydrazone groups is 1. The Bertz CT molecular complexity index is 636. The average Bonchev–Trinajstić information content (AvgIpc) is 2.80. The van der Waals surface area contributed by atoms with Crippen molar-refractivity contribution in [1.29, 1.82) is 0 Å². The molecule has 2 aliphatic rings.